The molecule has 6 heteroatoms. The fourth-order valence-electron chi connectivity index (χ4n) is 1.93. The quantitative estimate of drug-likeness (QED) is 0.661. The molecule has 0 fully saturated rings. The van der Waals surface area contributed by atoms with Gasteiger partial charge in [0.15, 0.2) is 0 Å². The summed E-state index contributed by atoms with van der Waals surface area (Å²) >= 11 is 0. The van der Waals surface area contributed by atoms with Crippen molar-refractivity contribution in [2.24, 2.45) is 0 Å². The molecule has 2 heterocycles. The standard InChI is InChI=1S/C13H24N6/c1-3-5-7-16-9-14-18(11-16)13-19-12-17(10-15-19)8-6-4-2/h9-12H,3-8,13H2,1-2H3/q+2. The number of unbranched alkanes of at least 4 members (excludes halogenated alkanes) is 2. The molecule has 0 unspecified atom stereocenters. The molecule has 0 aliphatic rings. The minimum Gasteiger partial charge on any atom is -0.237 e. The zero-order chi connectivity index (χ0) is 13.5. The zero-order valence-corrected chi connectivity index (χ0v) is 11.9. The predicted molar refractivity (Wildman–Crippen MR) is 70.1 cm³/mol. The van der Waals surface area contributed by atoms with E-state index >= 15 is 0 Å². The van der Waals surface area contributed by atoms with Gasteiger partial charge in [-0.05, 0) is 12.8 Å². The van der Waals surface area contributed by atoms with Gasteiger partial charge in [-0.2, -0.15) is 0 Å². The minimum atomic E-state index is 0.665. The molecule has 2 aromatic heterocycles. The van der Waals surface area contributed by atoms with Crippen molar-refractivity contribution in [1.29, 1.82) is 0 Å². The van der Waals surface area contributed by atoms with Crippen LogP contribution in [-0.2, 0) is 19.8 Å². The number of nitrogens with zero attached hydrogens (tertiary/aromatic N) is 6. The lowest BCUT2D eigenvalue weighted by Gasteiger charge is -1.92. The van der Waals surface area contributed by atoms with Crippen molar-refractivity contribution in [2.75, 3.05) is 0 Å². The van der Waals surface area contributed by atoms with Gasteiger partial charge in [0.05, 0.1) is 13.1 Å². The highest BCUT2D eigenvalue weighted by Gasteiger charge is 2.11. The SMILES string of the molecule is CCCC[n+]1cnn(Cn2c[n+](CCCC)cn2)c1. The molecule has 0 aliphatic carbocycles. The van der Waals surface area contributed by atoms with E-state index in [1.165, 1.54) is 25.7 Å². The highest BCUT2D eigenvalue weighted by molar-refractivity contribution is 4.50. The molecule has 0 bridgehead atoms. The summed E-state index contributed by atoms with van der Waals surface area (Å²) in [5.41, 5.74) is 0. The molecule has 0 aromatic carbocycles. The Kier molecular flexibility index (Phi) is 5.06. The molecule has 0 spiro atoms. The van der Waals surface area contributed by atoms with Gasteiger partial charge in [0.25, 0.3) is 19.3 Å². The predicted octanol–water partition coefficient (Wildman–Crippen LogP) is 0.761. The summed E-state index contributed by atoms with van der Waals surface area (Å²) < 4.78 is 8.07. The summed E-state index contributed by atoms with van der Waals surface area (Å²) in [6.07, 6.45) is 12.6. The van der Waals surface area contributed by atoms with E-state index in [1.807, 2.05) is 34.7 Å². The monoisotopic (exact) mass is 264 g/mol. The third-order valence-corrected chi connectivity index (χ3v) is 3.09. The smallest absolute Gasteiger partial charge is 0.237 e. The largest absolute Gasteiger partial charge is 0.265 e. The molecule has 0 saturated carbocycles. The maximum Gasteiger partial charge on any atom is 0.265 e. The second-order valence-electron chi connectivity index (χ2n) is 4.90. The van der Waals surface area contributed by atoms with E-state index in [1.54, 1.807) is 0 Å². The third-order valence-electron chi connectivity index (χ3n) is 3.09. The van der Waals surface area contributed by atoms with Gasteiger partial charge in [0.1, 0.15) is 0 Å². The summed E-state index contributed by atoms with van der Waals surface area (Å²) in [6.45, 7) is 7.13. The zero-order valence-electron chi connectivity index (χ0n) is 11.9. The van der Waals surface area contributed by atoms with Gasteiger partial charge in [0, 0.05) is 10.2 Å². The summed E-state index contributed by atoms with van der Waals surface area (Å²) in [4.78, 5) is 0. The normalized spacial score (nSPS) is 11.1. The van der Waals surface area contributed by atoms with E-state index in [4.69, 9.17) is 0 Å². The molecular weight excluding hydrogens is 240 g/mol. The molecule has 0 aliphatic heterocycles. The van der Waals surface area contributed by atoms with Crippen molar-refractivity contribution in [3.63, 3.8) is 0 Å². The van der Waals surface area contributed by atoms with Crippen molar-refractivity contribution in [1.82, 2.24) is 19.6 Å². The second kappa shape index (κ2) is 7.01. The van der Waals surface area contributed by atoms with Crippen molar-refractivity contribution >= 4 is 0 Å². The average molecular weight is 264 g/mol. The van der Waals surface area contributed by atoms with Crippen LogP contribution in [-0.4, -0.2) is 19.6 Å². The molecule has 0 radical (unpaired) electrons. The Balaban J connectivity index is 1.89. The number of aryl methyl sites for hydroxylation is 2. The minimum absolute atomic E-state index is 0.665. The fraction of sp³-hybridized carbons (Fsp3) is 0.692. The third kappa shape index (κ3) is 4.15. The van der Waals surface area contributed by atoms with Gasteiger partial charge in [-0.1, -0.05) is 36.1 Å². The number of hydrogen-bond donors (Lipinski definition) is 0. The molecule has 0 N–H and O–H groups in total. The van der Waals surface area contributed by atoms with Gasteiger partial charge in [-0.15, -0.1) is 0 Å². The molecule has 0 amide bonds. The maximum absolute atomic E-state index is 4.35. The first-order valence-electron chi connectivity index (χ1n) is 7.14. The molecule has 0 atom stereocenters. The highest BCUT2D eigenvalue weighted by atomic mass is 15.5. The lowest BCUT2D eigenvalue weighted by Crippen LogP contribution is -2.31. The number of rotatable bonds is 8. The van der Waals surface area contributed by atoms with Gasteiger partial charge in [0.2, 0.25) is 12.7 Å². The second-order valence-corrected chi connectivity index (χ2v) is 4.90. The summed E-state index contributed by atoms with van der Waals surface area (Å²) in [5.74, 6) is 0. The van der Waals surface area contributed by atoms with Gasteiger partial charge in [-0.3, -0.25) is 0 Å². The maximum atomic E-state index is 4.35. The summed E-state index contributed by atoms with van der Waals surface area (Å²) in [7, 11) is 0. The van der Waals surface area contributed by atoms with E-state index in [0.717, 1.165) is 13.1 Å². The Morgan fingerprint density at radius 1 is 0.842 bits per heavy atom. The first-order valence-corrected chi connectivity index (χ1v) is 7.14. The molecule has 2 aromatic rings. The molecule has 6 nitrogen and oxygen atoms in total. The van der Waals surface area contributed by atoms with Crippen LogP contribution in [0, 0.1) is 0 Å². The summed E-state index contributed by atoms with van der Waals surface area (Å²) in [6, 6.07) is 0. The van der Waals surface area contributed by atoms with E-state index in [0.29, 0.717) is 6.67 Å². The topological polar surface area (TPSA) is 43.4 Å². The first kappa shape index (κ1) is 13.7. The van der Waals surface area contributed by atoms with Crippen molar-refractivity contribution in [3.8, 4) is 0 Å². The lowest BCUT2D eigenvalue weighted by molar-refractivity contribution is -0.698. The Hall–Kier alpha value is -1.72. The van der Waals surface area contributed by atoms with Crippen LogP contribution in [0.2, 0.25) is 0 Å². The van der Waals surface area contributed by atoms with Gasteiger partial charge in [-0.25, -0.2) is 9.13 Å². The van der Waals surface area contributed by atoms with Crippen molar-refractivity contribution in [3.05, 3.63) is 25.3 Å². The molecule has 19 heavy (non-hydrogen) atoms. The van der Waals surface area contributed by atoms with Crippen molar-refractivity contribution in [2.45, 2.75) is 59.3 Å². The molecule has 2 rings (SSSR count). The van der Waals surface area contributed by atoms with Crippen LogP contribution in [0.5, 0.6) is 0 Å². The Morgan fingerprint density at radius 2 is 1.32 bits per heavy atom. The van der Waals surface area contributed by atoms with E-state index in [2.05, 4.69) is 33.2 Å². The first-order chi connectivity index (χ1) is 9.31. The van der Waals surface area contributed by atoms with Crippen LogP contribution < -0.4 is 9.13 Å². The highest BCUT2D eigenvalue weighted by Crippen LogP contribution is 1.89. The summed E-state index contributed by atoms with van der Waals surface area (Å²) in [5, 5.41) is 8.69. The van der Waals surface area contributed by atoms with E-state index in [9.17, 15) is 0 Å². The Labute approximate surface area is 114 Å². The Morgan fingerprint density at radius 3 is 1.74 bits per heavy atom. The van der Waals surface area contributed by atoms with Crippen LogP contribution in [0.3, 0.4) is 0 Å². The average Bonchev–Trinajstić information content (AvgIpc) is 3.04. The van der Waals surface area contributed by atoms with Crippen LogP contribution >= 0.6 is 0 Å². The number of hydrogen-bond acceptors (Lipinski definition) is 2. The number of aromatic nitrogens is 6. The van der Waals surface area contributed by atoms with Crippen molar-refractivity contribution < 1.29 is 9.13 Å². The lowest BCUT2D eigenvalue weighted by atomic mass is 10.3. The van der Waals surface area contributed by atoms with Crippen LogP contribution in [0.4, 0.5) is 0 Å². The van der Waals surface area contributed by atoms with E-state index < -0.39 is 0 Å². The molecular formula is C13H24N6+2. The Bertz CT molecular complexity index is 443. The van der Waals surface area contributed by atoms with Crippen LogP contribution in [0.25, 0.3) is 0 Å². The molecule has 0 saturated heterocycles. The van der Waals surface area contributed by atoms with Crippen LogP contribution in [0.15, 0.2) is 25.3 Å². The fourth-order valence-corrected chi connectivity index (χ4v) is 1.93. The van der Waals surface area contributed by atoms with Gasteiger partial charge >= 0.3 is 0 Å². The van der Waals surface area contributed by atoms with E-state index in [-0.39, 0.29) is 0 Å². The molecule has 104 valence electrons. The van der Waals surface area contributed by atoms with Gasteiger partial charge < -0.3 is 0 Å². The van der Waals surface area contributed by atoms with Crippen LogP contribution in [0.1, 0.15) is 39.5 Å².